The predicted molar refractivity (Wildman–Crippen MR) is 83.1 cm³/mol. The Morgan fingerprint density at radius 2 is 2.10 bits per heavy atom. The molecular formula is C13H10BrCl2FN2O2. The summed E-state index contributed by atoms with van der Waals surface area (Å²) in [5, 5.41) is 11.8. The van der Waals surface area contributed by atoms with Crippen molar-refractivity contribution in [2.75, 3.05) is 12.3 Å². The van der Waals surface area contributed by atoms with Gasteiger partial charge in [0, 0.05) is 17.5 Å². The van der Waals surface area contributed by atoms with Crippen LogP contribution in [-0.2, 0) is 6.42 Å². The van der Waals surface area contributed by atoms with Crippen LogP contribution >= 0.6 is 39.1 Å². The normalized spacial score (nSPS) is 10.7. The summed E-state index contributed by atoms with van der Waals surface area (Å²) < 4.78 is 19.8. The Bertz CT molecular complexity index is 686. The molecule has 2 aromatic rings. The van der Waals surface area contributed by atoms with E-state index in [1.165, 1.54) is 18.3 Å². The van der Waals surface area contributed by atoms with Gasteiger partial charge in [0.2, 0.25) is 5.75 Å². The van der Waals surface area contributed by atoms with Crippen molar-refractivity contribution in [1.29, 1.82) is 0 Å². The Hall–Kier alpha value is -1.24. The number of hydrogen-bond acceptors (Lipinski definition) is 3. The van der Waals surface area contributed by atoms with Gasteiger partial charge in [-0.05, 0) is 33.6 Å². The molecule has 0 unspecified atom stereocenters. The summed E-state index contributed by atoms with van der Waals surface area (Å²) in [5.41, 5.74) is 6.05. The van der Waals surface area contributed by atoms with E-state index >= 15 is 0 Å². The van der Waals surface area contributed by atoms with Crippen LogP contribution in [0.25, 0.3) is 0 Å². The third kappa shape index (κ3) is 3.70. The fourth-order valence-electron chi connectivity index (χ4n) is 1.70. The molecule has 0 spiro atoms. The van der Waals surface area contributed by atoms with Gasteiger partial charge in [0.15, 0.2) is 0 Å². The van der Waals surface area contributed by atoms with E-state index in [0.29, 0.717) is 19.8 Å². The second-order valence-corrected chi connectivity index (χ2v) is 5.85. The Morgan fingerprint density at radius 1 is 1.38 bits per heavy atom. The van der Waals surface area contributed by atoms with Gasteiger partial charge in [-0.3, -0.25) is 5.73 Å². The highest BCUT2D eigenvalue weighted by Gasteiger charge is 2.13. The monoisotopic (exact) mass is 394 g/mol. The van der Waals surface area contributed by atoms with Gasteiger partial charge in [-0.2, -0.15) is 0 Å². The molecule has 0 saturated carbocycles. The Labute approximate surface area is 138 Å². The van der Waals surface area contributed by atoms with E-state index in [1.54, 1.807) is 6.07 Å². The molecule has 0 radical (unpaired) electrons. The minimum atomic E-state index is -0.546. The zero-order valence-electron chi connectivity index (χ0n) is 10.6. The number of hydrogen-bond donors (Lipinski definition) is 1. The molecule has 1 heterocycles. The summed E-state index contributed by atoms with van der Waals surface area (Å²) in [6, 6.07) is 4.19. The zero-order chi connectivity index (χ0) is 15.6. The highest BCUT2D eigenvalue weighted by molar-refractivity contribution is 9.10. The fourth-order valence-corrected chi connectivity index (χ4v) is 2.66. The molecule has 0 amide bonds. The molecule has 1 aromatic carbocycles. The van der Waals surface area contributed by atoms with Crippen molar-refractivity contribution < 1.29 is 13.9 Å². The van der Waals surface area contributed by atoms with Crippen LogP contribution < -0.4 is 15.2 Å². The number of nitrogens with two attached hydrogens (primary N) is 1. The number of halogens is 4. The van der Waals surface area contributed by atoms with Crippen molar-refractivity contribution in [1.82, 2.24) is 0 Å². The van der Waals surface area contributed by atoms with E-state index in [1.807, 2.05) is 0 Å². The standard InChI is InChI=1S/C13H10BrCl2FN2O2/c14-7-5-11(13(18)19(20)6-7)21-4-3-8-9(15)1-2-10(17)12(8)16/h1-2,5-6H,3-4,18H2. The number of benzene rings is 1. The molecule has 0 fully saturated rings. The van der Waals surface area contributed by atoms with E-state index in [0.717, 1.165) is 0 Å². The van der Waals surface area contributed by atoms with Crippen LogP contribution in [0.1, 0.15) is 5.56 Å². The second kappa shape index (κ2) is 6.68. The molecule has 1 aromatic heterocycles. The maximum atomic E-state index is 13.4. The van der Waals surface area contributed by atoms with Crippen molar-refractivity contribution in [2.24, 2.45) is 0 Å². The number of ether oxygens (including phenoxy) is 1. The van der Waals surface area contributed by atoms with Crippen LogP contribution in [0.3, 0.4) is 0 Å². The highest BCUT2D eigenvalue weighted by atomic mass is 79.9. The lowest BCUT2D eigenvalue weighted by Crippen LogP contribution is -2.30. The predicted octanol–water partition coefficient (Wildman–Crippen LogP) is 3.73. The molecule has 0 aliphatic carbocycles. The van der Waals surface area contributed by atoms with Gasteiger partial charge in [-0.25, -0.2) is 9.12 Å². The molecule has 2 N–H and O–H groups in total. The summed E-state index contributed by atoms with van der Waals surface area (Å²) in [6.45, 7) is 0.142. The van der Waals surface area contributed by atoms with Crippen LogP contribution in [0.4, 0.5) is 10.2 Å². The number of nitrogen functional groups attached to an aromatic ring is 1. The highest BCUT2D eigenvalue weighted by Crippen LogP contribution is 2.28. The topological polar surface area (TPSA) is 62.2 Å². The van der Waals surface area contributed by atoms with E-state index in [-0.39, 0.29) is 29.6 Å². The first-order valence-corrected chi connectivity index (χ1v) is 7.38. The molecule has 21 heavy (non-hydrogen) atoms. The van der Waals surface area contributed by atoms with Crippen LogP contribution in [-0.4, -0.2) is 6.61 Å². The van der Waals surface area contributed by atoms with Crippen molar-refractivity contribution in [3.63, 3.8) is 0 Å². The van der Waals surface area contributed by atoms with Crippen LogP contribution in [0.5, 0.6) is 5.75 Å². The molecule has 0 saturated heterocycles. The fraction of sp³-hybridized carbons (Fsp3) is 0.154. The van der Waals surface area contributed by atoms with Crippen molar-refractivity contribution in [3.8, 4) is 5.75 Å². The number of anilines is 1. The van der Waals surface area contributed by atoms with Crippen molar-refractivity contribution >= 4 is 44.9 Å². The minimum Gasteiger partial charge on any atom is -0.710 e. The summed E-state index contributed by atoms with van der Waals surface area (Å²) in [7, 11) is 0. The Morgan fingerprint density at radius 3 is 2.81 bits per heavy atom. The van der Waals surface area contributed by atoms with Gasteiger partial charge >= 0.3 is 5.82 Å². The molecule has 112 valence electrons. The number of aromatic nitrogens is 1. The first kappa shape index (κ1) is 16.1. The lowest BCUT2D eigenvalue weighted by Gasteiger charge is -2.12. The average Bonchev–Trinajstić information content (AvgIpc) is 2.43. The molecule has 0 atom stereocenters. The molecule has 4 nitrogen and oxygen atoms in total. The lowest BCUT2D eigenvalue weighted by atomic mass is 10.1. The Balaban J connectivity index is 2.11. The smallest absolute Gasteiger partial charge is 0.318 e. The van der Waals surface area contributed by atoms with Crippen molar-refractivity contribution in [2.45, 2.75) is 6.42 Å². The molecule has 8 heteroatoms. The molecule has 2 rings (SSSR count). The number of nitrogens with zero attached hydrogens (tertiary/aromatic N) is 1. The molecule has 0 aliphatic rings. The molecule has 0 aliphatic heterocycles. The van der Waals surface area contributed by atoms with Gasteiger partial charge < -0.3 is 9.94 Å². The van der Waals surface area contributed by atoms with E-state index < -0.39 is 5.82 Å². The van der Waals surface area contributed by atoms with E-state index in [2.05, 4.69) is 15.9 Å². The van der Waals surface area contributed by atoms with E-state index in [9.17, 15) is 9.60 Å². The van der Waals surface area contributed by atoms with Gasteiger partial charge in [-0.1, -0.05) is 23.2 Å². The minimum absolute atomic E-state index is 0.0350. The van der Waals surface area contributed by atoms with Gasteiger partial charge in [-0.15, -0.1) is 0 Å². The summed E-state index contributed by atoms with van der Waals surface area (Å²) in [6.07, 6.45) is 1.54. The first-order chi connectivity index (χ1) is 9.90. The van der Waals surface area contributed by atoms with Gasteiger partial charge in [0.05, 0.1) is 16.1 Å². The summed E-state index contributed by atoms with van der Waals surface area (Å²) >= 11 is 15.0. The van der Waals surface area contributed by atoms with Crippen molar-refractivity contribution in [3.05, 3.63) is 55.5 Å². The number of pyridine rings is 1. The van der Waals surface area contributed by atoms with Crippen LogP contribution in [0.15, 0.2) is 28.9 Å². The van der Waals surface area contributed by atoms with Gasteiger partial charge in [0.25, 0.3) is 0 Å². The third-order valence-electron chi connectivity index (χ3n) is 2.75. The maximum absolute atomic E-state index is 13.4. The molecular weight excluding hydrogens is 386 g/mol. The average molecular weight is 396 g/mol. The second-order valence-electron chi connectivity index (χ2n) is 4.15. The molecule has 0 bridgehead atoms. The summed E-state index contributed by atoms with van der Waals surface area (Å²) in [4.78, 5) is 0. The quantitative estimate of drug-likeness (QED) is 0.487. The largest absolute Gasteiger partial charge is 0.710 e. The zero-order valence-corrected chi connectivity index (χ0v) is 13.7. The van der Waals surface area contributed by atoms with E-state index in [4.69, 9.17) is 33.7 Å². The first-order valence-electron chi connectivity index (χ1n) is 5.83. The summed E-state index contributed by atoms with van der Waals surface area (Å²) in [5.74, 6) is -0.381. The third-order valence-corrected chi connectivity index (χ3v) is 3.94. The Kier molecular flexibility index (Phi) is 5.13. The lowest BCUT2D eigenvalue weighted by molar-refractivity contribution is -0.590. The van der Waals surface area contributed by atoms with Gasteiger partial charge in [0.1, 0.15) is 12.0 Å². The number of rotatable bonds is 4. The maximum Gasteiger partial charge on any atom is 0.318 e. The van der Waals surface area contributed by atoms with Crippen LogP contribution in [0, 0.1) is 11.0 Å². The SMILES string of the molecule is Nc1c(OCCc2c(Cl)ccc(F)c2Cl)cc(Br)c[n+]1[O-]. The van der Waals surface area contributed by atoms with Crippen LogP contribution in [0.2, 0.25) is 10.0 Å².